The maximum absolute atomic E-state index is 12.2. The molecule has 0 radical (unpaired) electrons. The van der Waals surface area contributed by atoms with Gasteiger partial charge in [0.05, 0.1) is 6.61 Å². The van der Waals surface area contributed by atoms with Gasteiger partial charge in [-0.05, 0) is 49.1 Å². The molecular formula is C25H29N3O2. The molecule has 5 nitrogen and oxygen atoms in total. The molecule has 0 spiro atoms. The number of hydrogen-bond acceptors (Lipinski definition) is 3. The third-order valence-electron chi connectivity index (χ3n) is 6.79. The second kappa shape index (κ2) is 8.15. The van der Waals surface area contributed by atoms with Crippen molar-refractivity contribution in [1.29, 1.82) is 0 Å². The van der Waals surface area contributed by atoms with Crippen molar-refractivity contribution in [2.24, 2.45) is 5.92 Å². The van der Waals surface area contributed by atoms with Gasteiger partial charge in [0.25, 0.3) is 0 Å². The summed E-state index contributed by atoms with van der Waals surface area (Å²) in [4.78, 5) is 18.1. The summed E-state index contributed by atoms with van der Waals surface area (Å²) in [6, 6.07) is 17.3. The lowest BCUT2D eigenvalue weighted by Crippen LogP contribution is -2.49. The van der Waals surface area contributed by atoms with Gasteiger partial charge in [-0.25, -0.2) is 4.79 Å². The molecule has 2 aromatic carbocycles. The number of carbonyl (C=O) groups excluding carboxylic acids is 1. The van der Waals surface area contributed by atoms with Crippen molar-refractivity contribution < 1.29 is 9.53 Å². The zero-order chi connectivity index (χ0) is 20.5. The van der Waals surface area contributed by atoms with Crippen LogP contribution in [0, 0.1) is 5.92 Å². The predicted molar refractivity (Wildman–Crippen MR) is 119 cm³/mol. The molecule has 1 fully saturated rings. The van der Waals surface area contributed by atoms with E-state index < -0.39 is 0 Å². The van der Waals surface area contributed by atoms with Crippen LogP contribution in [0.15, 0.2) is 54.7 Å². The lowest BCUT2D eigenvalue weighted by atomic mass is 9.72. The van der Waals surface area contributed by atoms with E-state index in [9.17, 15) is 4.79 Å². The molecule has 3 aromatic rings. The zero-order valence-corrected chi connectivity index (χ0v) is 17.4. The van der Waals surface area contributed by atoms with Crippen molar-refractivity contribution in [3.05, 3.63) is 71.4 Å². The average Bonchev–Trinajstić information content (AvgIpc) is 3.18. The molecule has 1 amide bonds. The van der Waals surface area contributed by atoms with E-state index in [2.05, 4.69) is 58.8 Å². The second-order valence-electron chi connectivity index (χ2n) is 8.76. The van der Waals surface area contributed by atoms with Gasteiger partial charge in [0, 0.05) is 48.1 Å². The molecule has 5 rings (SSSR count). The summed E-state index contributed by atoms with van der Waals surface area (Å²) in [5.74, 6) is 0.845. The lowest BCUT2D eigenvalue weighted by molar-refractivity contribution is 0.0622. The summed E-state index contributed by atoms with van der Waals surface area (Å²) in [5, 5.41) is 4.29. The number of amides is 1. The van der Waals surface area contributed by atoms with Gasteiger partial charge >= 0.3 is 6.09 Å². The zero-order valence-electron chi connectivity index (χ0n) is 17.4. The van der Waals surface area contributed by atoms with Crippen LogP contribution >= 0.6 is 0 Å². The first-order valence-corrected chi connectivity index (χ1v) is 10.9. The fourth-order valence-corrected chi connectivity index (χ4v) is 5.37. The van der Waals surface area contributed by atoms with Crippen molar-refractivity contribution in [3.63, 3.8) is 0 Å². The monoisotopic (exact) mass is 403 g/mol. The fourth-order valence-electron chi connectivity index (χ4n) is 5.37. The smallest absolute Gasteiger partial charge is 0.407 e. The lowest BCUT2D eigenvalue weighted by Gasteiger charge is -2.45. The predicted octanol–water partition coefficient (Wildman–Crippen LogP) is 4.10. The highest BCUT2D eigenvalue weighted by atomic mass is 16.5. The van der Waals surface area contributed by atoms with Crippen LogP contribution in [0.1, 0.15) is 29.0 Å². The maximum Gasteiger partial charge on any atom is 0.407 e. The summed E-state index contributed by atoms with van der Waals surface area (Å²) < 4.78 is 5.59. The normalized spacial score (nSPS) is 23.2. The molecule has 5 heteroatoms. The molecule has 1 saturated heterocycles. The second-order valence-corrected chi connectivity index (χ2v) is 8.76. The van der Waals surface area contributed by atoms with Crippen molar-refractivity contribution in [2.45, 2.75) is 31.2 Å². The highest BCUT2D eigenvalue weighted by Gasteiger charge is 2.39. The molecule has 1 aliphatic carbocycles. The highest BCUT2D eigenvalue weighted by Crippen LogP contribution is 2.44. The molecule has 3 atom stereocenters. The minimum atomic E-state index is -0.311. The van der Waals surface area contributed by atoms with Crippen LogP contribution in [0.4, 0.5) is 4.79 Å². The number of alkyl carbamates (subject to hydrolysis) is 1. The molecule has 156 valence electrons. The number of benzene rings is 2. The number of piperidine rings is 1. The quantitative estimate of drug-likeness (QED) is 0.674. The van der Waals surface area contributed by atoms with Crippen LogP contribution in [0.25, 0.3) is 10.9 Å². The molecule has 30 heavy (non-hydrogen) atoms. The largest absolute Gasteiger partial charge is 0.449 e. The van der Waals surface area contributed by atoms with Crippen LogP contribution in [0.2, 0.25) is 0 Å². The van der Waals surface area contributed by atoms with Crippen LogP contribution < -0.4 is 5.32 Å². The Morgan fingerprint density at radius 3 is 2.93 bits per heavy atom. The number of ether oxygens (including phenoxy) is 1. The molecule has 0 bridgehead atoms. The van der Waals surface area contributed by atoms with E-state index in [-0.39, 0.29) is 6.09 Å². The van der Waals surface area contributed by atoms with E-state index in [0.717, 1.165) is 25.8 Å². The van der Waals surface area contributed by atoms with Crippen molar-refractivity contribution in [3.8, 4) is 0 Å². The van der Waals surface area contributed by atoms with Crippen molar-refractivity contribution in [2.75, 3.05) is 26.7 Å². The number of nitrogens with zero attached hydrogens (tertiary/aromatic N) is 1. The molecule has 1 aromatic heterocycles. The first-order valence-electron chi connectivity index (χ1n) is 10.9. The Labute approximate surface area is 177 Å². The van der Waals surface area contributed by atoms with Crippen molar-refractivity contribution in [1.82, 2.24) is 15.2 Å². The highest BCUT2D eigenvalue weighted by molar-refractivity contribution is 5.88. The molecule has 0 unspecified atom stereocenters. The topological polar surface area (TPSA) is 57.4 Å². The molecule has 2 N–H and O–H groups in total. The Morgan fingerprint density at radius 1 is 1.20 bits per heavy atom. The number of likely N-dealkylation sites (N-methyl/N-ethyl adjacent to an activating group) is 1. The van der Waals surface area contributed by atoms with Crippen LogP contribution in [-0.4, -0.2) is 48.8 Å². The Bertz CT molecular complexity index is 1030. The Morgan fingerprint density at radius 2 is 2.07 bits per heavy atom. The van der Waals surface area contributed by atoms with Crippen LogP contribution in [0.3, 0.4) is 0 Å². The summed E-state index contributed by atoms with van der Waals surface area (Å²) in [7, 11) is 2.21. The number of nitrogens with one attached hydrogen (secondary N) is 2. The third kappa shape index (κ3) is 3.70. The number of rotatable bonds is 5. The Hall–Kier alpha value is -2.79. The molecule has 2 aliphatic rings. The standard InChI is InChI=1S/C25H29N3O2/c1-28-15-18(16-30-25(29)26-11-10-17-6-3-2-4-7-17)12-21-20-8-5-9-22-24(20)19(14-27-22)13-23(21)28/h2-9,14,18,21,23,27H,10-13,15-16H2,1H3,(H,26,29)/t18-,21-,23-/m1/s1. The first kappa shape index (κ1) is 19.2. The van der Waals surface area contributed by atoms with E-state index in [1.54, 1.807) is 0 Å². The van der Waals surface area contributed by atoms with Gasteiger partial charge in [-0.1, -0.05) is 42.5 Å². The van der Waals surface area contributed by atoms with E-state index in [1.807, 2.05) is 18.2 Å². The summed E-state index contributed by atoms with van der Waals surface area (Å²) in [6.07, 6.45) is 4.83. The SMILES string of the molecule is CN1C[C@H](COC(=O)NCCc2ccccc2)C[C@@H]2c3cccc4[nH]cc(c34)C[C@H]21. The van der Waals surface area contributed by atoms with Gasteiger partial charge in [-0.2, -0.15) is 0 Å². The van der Waals surface area contributed by atoms with Gasteiger partial charge in [0.15, 0.2) is 0 Å². The number of hydrogen-bond donors (Lipinski definition) is 2. The van der Waals surface area contributed by atoms with Crippen molar-refractivity contribution >= 4 is 17.0 Å². The maximum atomic E-state index is 12.2. The summed E-state index contributed by atoms with van der Waals surface area (Å²) in [5.41, 5.74) is 5.33. The van der Waals surface area contributed by atoms with E-state index in [0.29, 0.717) is 31.0 Å². The summed E-state index contributed by atoms with van der Waals surface area (Å²) in [6.45, 7) is 2.03. The number of aromatic nitrogens is 1. The minimum absolute atomic E-state index is 0.311. The van der Waals surface area contributed by atoms with E-state index >= 15 is 0 Å². The van der Waals surface area contributed by atoms with Gasteiger partial charge in [0.1, 0.15) is 0 Å². The summed E-state index contributed by atoms with van der Waals surface area (Å²) >= 11 is 0. The Balaban J connectivity index is 1.18. The van der Waals surface area contributed by atoms with Gasteiger partial charge in [-0.15, -0.1) is 0 Å². The average molecular weight is 404 g/mol. The number of fused-ring (bicyclic) bond motifs is 2. The number of H-pyrrole nitrogens is 1. The van der Waals surface area contributed by atoms with Crippen LogP contribution in [-0.2, 0) is 17.6 Å². The van der Waals surface area contributed by atoms with E-state index in [4.69, 9.17) is 4.74 Å². The van der Waals surface area contributed by atoms with Gasteiger partial charge in [-0.3, -0.25) is 0 Å². The number of likely N-dealkylation sites (tertiary alicyclic amines) is 1. The molecule has 2 heterocycles. The van der Waals surface area contributed by atoms with E-state index in [1.165, 1.54) is 27.6 Å². The number of aromatic amines is 1. The van der Waals surface area contributed by atoms with Gasteiger partial charge in [0.2, 0.25) is 0 Å². The van der Waals surface area contributed by atoms with Crippen LogP contribution in [0.5, 0.6) is 0 Å². The molecular weight excluding hydrogens is 374 g/mol. The molecule has 1 aliphatic heterocycles. The third-order valence-corrected chi connectivity index (χ3v) is 6.79. The first-order chi connectivity index (χ1) is 14.7. The molecule has 0 saturated carbocycles. The number of carbonyl (C=O) groups is 1. The Kier molecular flexibility index (Phi) is 5.21. The fraction of sp³-hybridized carbons (Fsp3) is 0.400. The minimum Gasteiger partial charge on any atom is -0.449 e. The van der Waals surface area contributed by atoms with Gasteiger partial charge < -0.3 is 19.9 Å².